The number of amides is 2. The Morgan fingerprint density at radius 2 is 1.82 bits per heavy atom. The molecule has 0 spiro atoms. The number of carbonyl (C=O) groups is 2. The quantitative estimate of drug-likeness (QED) is 0.422. The van der Waals surface area contributed by atoms with Gasteiger partial charge in [0.25, 0.3) is 15.9 Å². The first kappa shape index (κ1) is 27.1. The van der Waals surface area contributed by atoms with E-state index in [2.05, 4.69) is 20.9 Å². The van der Waals surface area contributed by atoms with E-state index in [0.717, 1.165) is 14.3 Å². The van der Waals surface area contributed by atoms with E-state index in [4.69, 9.17) is 28.9 Å². The fourth-order valence-corrected chi connectivity index (χ4v) is 7.84. The summed E-state index contributed by atoms with van der Waals surface area (Å²) in [5.74, 6) is -0.999. The van der Waals surface area contributed by atoms with E-state index in [0.29, 0.717) is 35.0 Å². The van der Waals surface area contributed by atoms with Gasteiger partial charge in [-0.1, -0.05) is 57.7 Å². The van der Waals surface area contributed by atoms with Crippen molar-refractivity contribution in [1.82, 2.24) is 13.9 Å². The van der Waals surface area contributed by atoms with Gasteiger partial charge in [0.05, 0.1) is 11.9 Å². The third-order valence-electron chi connectivity index (χ3n) is 6.99. The SMILES string of the molecule is C[C@@]1(Cc2ccc(Br)cc2)C(=O)N(c2cc(Cl)cc(Cl)c2)c2ncc(S(=O)(=O)N3CCCCC3C(N)=O)n21. The molecule has 2 aliphatic rings. The lowest BCUT2D eigenvalue weighted by molar-refractivity contribution is -0.124. The van der Waals surface area contributed by atoms with Gasteiger partial charge < -0.3 is 5.73 Å². The van der Waals surface area contributed by atoms with Crippen molar-refractivity contribution in [3.63, 3.8) is 0 Å². The molecule has 2 amide bonds. The molecule has 0 radical (unpaired) electrons. The number of nitrogens with zero attached hydrogens (tertiary/aromatic N) is 4. The Morgan fingerprint density at radius 3 is 2.45 bits per heavy atom. The number of fused-ring (bicyclic) bond motifs is 1. The summed E-state index contributed by atoms with van der Waals surface area (Å²) in [6, 6.07) is 11.1. The van der Waals surface area contributed by atoms with Gasteiger partial charge in [-0.2, -0.15) is 4.31 Å². The van der Waals surface area contributed by atoms with Crippen molar-refractivity contribution in [1.29, 1.82) is 0 Å². The maximum Gasteiger partial charge on any atom is 0.261 e. The van der Waals surface area contributed by atoms with Gasteiger partial charge in [0.1, 0.15) is 11.6 Å². The summed E-state index contributed by atoms with van der Waals surface area (Å²) in [6.45, 7) is 1.82. The molecular weight excluding hydrogens is 617 g/mol. The second-order valence-corrected chi connectivity index (χ2v) is 13.2. The summed E-state index contributed by atoms with van der Waals surface area (Å²) in [6.07, 6.45) is 3.01. The van der Waals surface area contributed by atoms with Gasteiger partial charge in [-0.05, 0) is 55.7 Å². The van der Waals surface area contributed by atoms with E-state index in [9.17, 15) is 18.0 Å². The Balaban J connectivity index is 1.70. The number of rotatable bonds is 6. The second kappa shape index (κ2) is 9.95. The molecule has 2 atom stereocenters. The highest BCUT2D eigenvalue weighted by Crippen LogP contribution is 2.45. The lowest BCUT2D eigenvalue weighted by atomic mass is 9.92. The lowest BCUT2D eigenvalue weighted by Crippen LogP contribution is -2.51. The van der Waals surface area contributed by atoms with E-state index < -0.39 is 33.4 Å². The van der Waals surface area contributed by atoms with Crippen molar-refractivity contribution in [2.45, 2.75) is 49.2 Å². The Labute approximate surface area is 238 Å². The molecule has 0 bridgehead atoms. The van der Waals surface area contributed by atoms with Gasteiger partial charge in [0.15, 0.2) is 5.03 Å². The summed E-state index contributed by atoms with van der Waals surface area (Å²) >= 11 is 15.9. The maximum absolute atomic E-state index is 14.2. The molecule has 13 heteroatoms. The van der Waals surface area contributed by atoms with Crippen LogP contribution in [0.1, 0.15) is 31.7 Å². The van der Waals surface area contributed by atoms with Crippen LogP contribution in [-0.2, 0) is 31.6 Å². The highest BCUT2D eigenvalue weighted by Gasteiger charge is 2.53. The molecular formula is C25H24BrCl2N5O4S. The molecule has 3 aromatic rings. The number of aromatic nitrogens is 2. The van der Waals surface area contributed by atoms with E-state index in [1.165, 1.54) is 21.7 Å². The van der Waals surface area contributed by atoms with Crippen molar-refractivity contribution in [3.8, 4) is 0 Å². The van der Waals surface area contributed by atoms with Crippen molar-refractivity contribution in [2.24, 2.45) is 5.73 Å². The molecule has 0 aliphatic carbocycles. The summed E-state index contributed by atoms with van der Waals surface area (Å²) in [7, 11) is -4.26. The molecule has 2 N–H and O–H groups in total. The zero-order valence-electron chi connectivity index (χ0n) is 20.3. The van der Waals surface area contributed by atoms with Gasteiger partial charge in [-0.15, -0.1) is 0 Å². The van der Waals surface area contributed by atoms with E-state index in [1.54, 1.807) is 19.1 Å². The first-order valence-corrected chi connectivity index (χ1v) is 14.9. The zero-order valence-corrected chi connectivity index (χ0v) is 24.2. The summed E-state index contributed by atoms with van der Waals surface area (Å²) in [4.78, 5) is 32.1. The molecule has 1 saturated heterocycles. The molecule has 200 valence electrons. The highest BCUT2D eigenvalue weighted by atomic mass is 79.9. The molecule has 1 aromatic heterocycles. The van der Waals surface area contributed by atoms with Crippen LogP contribution in [-0.4, -0.2) is 46.7 Å². The van der Waals surface area contributed by atoms with E-state index >= 15 is 0 Å². The van der Waals surface area contributed by atoms with Crippen LogP contribution >= 0.6 is 39.1 Å². The number of hydrogen-bond donors (Lipinski definition) is 1. The van der Waals surface area contributed by atoms with Crippen LogP contribution in [0.4, 0.5) is 11.6 Å². The van der Waals surface area contributed by atoms with Gasteiger partial charge >= 0.3 is 0 Å². The summed E-state index contributed by atoms with van der Waals surface area (Å²) in [5.41, 5.74) is 5.37. The Hall–Kier alpha value is -2.44. The number of sulfonamides is 1. The molecule has 1 fully saturated rings. The van der Waals surface area contributed by atoms with Crippen LogP contribution in [0.25, 0.3) is 0 Å². The summed E-state index contributed by atoms with van der Waals surface area (Å²) in [5, 5.41) is 0.431. The predicted octanol–water partition coefficient (Wildman–Crippen LogP) is 4.62. The van der Waals surface area contributed by atoms with Crippen LogP contribution < -0.4 is 10.6 Å². The number of carbonyl (C=O) groups excluding carboxylic acids is 2. The van der Waals surface area contributed by atoms with E-state index in [1.807, 2.05) is 24.3 Å². The van der Waals surface area contributed by atoms with E-state index in [-0.39, 0.29) is 23.9 Å². The smallest absolute Gasteiger partial charge is 0.261 e. The molecule has 5 rings (SSSR count). The van der Waals surface area contributed by atoms with Crippen LogP contribution in [0, 0.1) is 0 Å². The number of benzene rings is 2. The number of anilines is 2. The van der Waals surface area contributed by atoms with Crippen LogP contribution in [0.3, 0.4) is 0 Å². The fraction of sp³-hybridized carbons (Fsp3) is 0.320. The highest BCUT2D eigenvalue weighted by molar-refractivity contribution is 9.10. The third kappa shape index (κ3) is 4.54. The Kier molecular flexibility index (Phi) is 7.10. The first-order valence-electron chi connectivity index (χ1n) is 11.9. The van der Waals surface area contributed by atoms with Gasteiger partial charge in [0, 0.05) is 27.5 Å². The number of halogens is 3. The van der Waals surface area contributed by atoms with Crippen molar-refractivity contribution in [2.75, 3.05) is 11.4 Å². The number of piperidine rings is 1. The van der Waals surface area contributed by atoms with Crippen molar-refractivity contribution >= 4 is 72.6 Å². The molecule has 3 heterocycles. The molecule has 0 saturated carbocycles. The second-order valence-electron chi connectivity index (χ2n) is 9.61. The monoisotopic (exact) mass is 639 g/mol. The number of imidazole rings is 1. The molecule has 2 aromatic carbocycles. The Bertz CT molecular complexity index is 1530. The largest absolute Gasteiger partial charge is 0.368 e. The minimum atomic E-state index is -4.26. The van der Waals surface area contributed by atoms with Crippen LogP contribution in [0.5, 0.6) is 0 Å². The average molecular weight is 641 g/mol. The van der Waals surface area contributed by atoms with Crippen LogP contribution in [0.15, 0.2) is 58.2 Å². The van der Waals surface area contributed by atoms with Gasteiger partial charge in [0.2, 0.25) is 11.9 Å². The van der Waals surface area contributed by atoms with Gasteiger partial charge in [-0.25, -0.2) is 18.3 Å². The maximum atomic E-state index is 14.2. The molecule has 1 unspecified atom stereocenters. The standard InChI is InChI=1S/C25H24BrCl2N5O4S/c1-25(13-15-5-7-16(26)8-6-15)23(35)32(19-11-17(27)10-18(28)12-19)24-30-14-21(33(24)25)38(36,37)31-9-3-2-4-20(31)22(29)34/h5-8,10-12,14,20H,2-4,9,13H2,1H3,(H2,29,34)/t20?,25-/m1/s1. The Morgan fingerprint density at radius 1 is 1.16 bits per heavy atom. The fourth-order valence-electron chi connectivity index (χ4n) is 5.21. The molecule has 2 aliphatic heterocycles. The lowest BCUT2D eigenvalue weighted by Gasteiger charge is -2.33. The average Bonchev–Trinajstić information content (AvgIpc) is 3.38. The number of nitrogens with two attached hydrogens (primary N) is 1. The van der Waals surface area contributed by atoms with Gasteiger partial charge in [-0.3, -0.25) is 14.2 Å². The topological polar surface area (TPSA) is 119 Å². The predicted molar refractivity (Wildman–Crippen MR) is 148 cm³/mol. The zero-order chi connectivity index (χ0) is 27.4. The normalized spacial score (nSPS) is 22.1. The minimum absolute atomic E-state index is 0.110. The minimum Gasteiger partial charge on any atom is -0.368 e. The van der Waals surface area contributed by atoms with Crippen molar-refractivity contribution < 1.29 is 18.0 Å². The van der Waals surface area contributed by atoms with Crippen LogP contribution in [0.2, 0.25) is 10.0 Å². The number of hydrogen-bond acceptors (Lipinski definition) is 5. The van der Waals surface area contributed by atoms with Crippen molar-refractivity contribution in [3.05, 3.63) is 68.7 Å². The first-order chi connectivity index (χ1) is 17.9. The third-order valence-corrected chi connectivity index (χ3v) is 9.83. The molecule has 38 heavy (non-hydrogen) atoms. The molecule has 9 nitrogen and oxygen atoms in total. The number of primary amides is 1. The summed E-state index contributed by atoms with van der Waals surface area (Å²) < 4.78 is 31.5.